The van der Waals surface area contributed by atoms with Crippen molar-refractivity contribution in [2.24, 2.45) is 5.92 Å². The minimum absolute atomic E-state index is 0.538. The zero-order valence-corrected chi connectivity index (χ0v) is 3.75. The van der Waals surface area contributed by atoms with Gasteiger partial charge in [0, 0.05) is 5.92 Å². The molecular formula is C4H6F2N. The Morgan fingerprint density at radius 1 is 1.43 bits per heavy atom. The van der Waals surface area contributed by atoms with Gasteiger partial charge in [0.2, 0.25) is 0 Å². The van der Waals surface area contributed by atoms with Gasteiger partial charge in [-0.3, -0.25) is 0 Å². The molecule has 0 atom stereocenters. The van der Waals surface area contributed by atoms with Crippen molar-refractivity contribution in [2.75, 3.05) is 0 Å². The lowest BCUT2D eigenvalue weighted by Gasteiger charge is -2.03. The Morgan fingerprint density at radius 3 is 1.86 bits per heavy atom. The maximum Gasteiger partial charge on any atom is 0.317 e. The molecule has 0 spiro atoms. The number of alkyl halides is 2. The molecule has 0 aromatic carbocycles. The van der Waals surface area contributed by atoms with Crippen molar-refractivity contribution < 1.29 is 8.78 Å². The van der Waals surface area contributed by atoms with Crippen LogP contribution in [0, 0.1) is 5.92 Å². The molecule has 41 valence electrons. The lowest BCUT2D eigenvalue weighted by atomic mass is 10.4. The summed E-state index contributed by atoms with van der Waals surface area (Å²) in [6, 6.07) is -3.14. The minimum atomic E-state index is -3.14. The molecule has 1 aliphatic carbocycles. The number of hydrogen-bond acceptors (Lipinski definition) is 0. The lowest BCUT2D eigenvalue weighted by Crippen LogP contribution is -2.19. The second-order valence-electron chi connectivity index (χ2n) is 1.90. The van der Waals surface area contributed by atoms with Crippen LogP contribution in [0.25, 0.3) is 0 Å². The Balaban J connectivity index is 2.36. The summed E-state index contributed by atoms with van der Waals surface area (Å²) in [5, 5.41) is 0. The van der Waals surface area contributed by atoms with Crippen molar-refractivity contribution in [1.82, 2.24) is 5.73 Å². The molecule has 1 radical (unpaired) electrons. The van der Waals surface area contributed by atoms with Crippen molar-refractivity contribution in [3.8, 4) is 0 Å². The maximum atomic E-state index is 11.6. The summed E-state index contributed by atoms with van der Waals surface area (Å²) in [6.45, 7) is 0. The Kier molecular flexibility index (Phi) is 0.819. The SMILES string of the molecule is [NH]C(F)(F)C1CC1. The fourth-order valence-electron chi connectivity index (χ4n) is 0.446. The van der Waals surface area contributed by atoms with E-state index in [0.29, 0.717) is 12.8 Å². The van der Waals surface area contributed by atoms with Crippen LogP contribution >= 0.6 is 0 Å². The zero-order chi connectivity index (χ0) is 5.49. The van der Waals surface area contributed by atoms with E-state index < -0.39 is 12.0 Å². The molecule has 1 rings (SSSR count). The Hall–Kier alpha value is -0.180. The fraction of sp³-hybridized carbons (Fsp3) is 1.00. The van der Waals surface area contributed by atoms with Crippen LogP contribution < -0.4 is 5.73 Å². The van der Waals surface area contributed by atoms with Crippen LogP contribution in [-0.4, -0.2) is 6.05 Å². The monoisotopic (exact) mass is 106 g/mol. The van der Waals surface area contributed by atoms with Gasteiger partial charge in [-0.25, -0.2) is 0 Å². The molecule has 1 aliphatic rings. The summed E-state index contributed by atoms with van der Waals surface area (Å²) in [4.78, 5) is 0. The topological polar surface area (TPSA) is 23.8 Å². The Morgan fingerprint density at radius 2 is 1.86 bits per heavy atom. The average Bonchev–Trinajstić information content (AvgIpc) is 1.99. The van der Waals surface area contributed by atoms with E-state index in [0.717, 1.165) is 0 Å². The third-order valence-corrected chi connectivity index (χ3v) is 1.09. The van der Waals surface area contributed by atoms with Crippen molar-refractivity contribution in [3.05, 3.63) is 0 Å². The number of halogens is 2. The molecule has 0 aromatic rings. The molecule has 3 heteroatoms. The van der Waals surface area contributed by atoms with E-state index in [4.69, 9.17) is 5.73 Å². The molecule has 0 unspecified atom stereocenters. The third-order valence-electron chi connectivity index (χ3n) is 1.09. The van der Waals surface area contributed by atoms with E-state index in [1.54, 1.807) is 0 Å². The van der Waals surface area contributed by atoms with Crippen LogP contribution in [0.5, 0.6) is 0 Å². The first-order chi connectivity index (χ1) is 3.11. The van der Waals surface area contributed by atoms with Crippen LogP contribution in [0.4, 0.5) is 8.78 Å². The smallest absolute Gasteiger partial charge is 0.191 e. The summed E-state index contributed by atoms with van der Waals surface area (Å²) >= 11 is 0. The summed E-state index contributed by atoms with van der Waals surface area (Å²) < 4.78 is 23.1. The van der Waals surface area contributed by atoms with Crippen molar-refractivity contribution >= 4 is 0 Å². The fourth-order valence-corrected chi connectivity index (χ4v) is 0.446. The molecule has 7 heavy (non-hydrogen) atoms. The van der Waals surface area contributed by atoms with E-state index in [-0.39, 0.29) is 0 Å². The molecule has 0 aliphatic heterocycles. The first-order valence-corrected chi connectivity index (χ1v) is 2.23. The molecule has 1 N–H and O–H groups in total. The summed E-state index contributed by atoms with van der Waals surface area (Å²) in [5.74, 6) is -0.618. The van der Waals surface area contributed by atoms with E-state index in [2.05, 4.69) is 0 Å². The van der Waals surface area contributed by atoms with Gasteiger partial charge in [0.1, 0.15) is 0 Å². The Labute approximate surface area is 40.5 Å². The van der Waals surface area contributed by atoms with Gasteiger partial charge < -0.3 is 0 Å². The predicted molar refractivity (Wildman–Crippen MR) is 20.8 cm³/mol. The Bertz CT molecular complexity index is 72.2. The molecule has 0 heterocycles. The first-order valence-electron chi connectivity index (χ1n) is 2.23. The molecule has 0 bridgehead atoms. The van der Waals surface area contributed by atoms with Crippen LogP contribution in [0.3, 0.4) is 0 Å². The third kappa shape index (κ3) is 1.09. The van der Waals surface area contributed by atoms with Gasteiger partial charge in [0.05, 0.1) is 0 Å². The molecular weight excluding hydrogens is 100 g/mol. The summed E-state index contributed by atoms with van der Waals surface area (Å²) in [7, 11) is 0. The van der Waals surface area contributed by atoms with Crippen LogP contribution in [0.1, 0.15) is 12.8 Å². The molecule has 1 fully saturated rings. The van der Waals surface area contributed by atoms with Gasteiger partial charge >= 0.3 is 6.05 Å². The largest absolute Gasteiger partial charge is 0.317 e. The lowest BCUT2D eigenvalue weighted by molar-refractivity contribution is -0.0238. The highest BCUT2D eigenvalue weighted by Crippen LogP contribution is 2.40. The number of hydrogen-bond donors (Lipinski definition) is 0. The summed E-state index contributed by atoms with van der Waals surface area (Å²) in [6.07, 6.45) is 1.08. The predicted octanol–water partition coefficient (Wildman–Crippen LogP) is 1.27. The molecule has 1 saturated carbocycles. The van der Waals surface area contributed by atoms with E-state index in [1.165, 1.54) is 0 Å². The maximum absolute atomic E-state index is 11.6. The quantitative estimate of drug-likeness (QED) is 0.449. The normalized spacial score (nSPS) is 22.7. The van der Waals surface area contributed by atoms with Crippen LogP contribution in [0.15, 0.2) is 0 Å². The van der Waals surface area contributed by atoms with Gasteiger partial charge in [-0.2, -0.15) is 14.5 Å². The zero-order valence-electron chi connectivity index (χ0n) is 3.75. The highest BCUT2D eigenvalue weighted by atomic mass is 19.3. The minimum Gasteiger partial charge on any atom is -0.191 e. The van der Waals surface area contributed by atoms with Gasteiger partial charge in [0.25, 0.3) is 0 Å². The first kappa shape index (κ1) is 4.97. The summed E-state index contributed by atoms with van der Waals surface area (Å²) in [5.41, 5.74) is 6.12. The second-order valence-corrected chi connectivity index (χ2v) is 1.90. The van der Waals surface area contributed by atoms with E-state index >= 15 is 0 Å². The molecule has 0 saturated heterocycles. The standard InChI is InChI=1S/C4H6F2N/c5-4(6,7)3-1-2-3/h3,7H,1-2H2. The van der Waals surface area contributed by atoms with Crippen molar-refractivity contribution in [3.63, 3.8) is 0 Å². The number of nitrogens with one attached hydrogen (secondary N) is 1. The molecule has 0 amide bonds. The highest BCUT2D eigenvalue weighted by molar-refractivity contribution is 4.82. The van der Waals surface area contributed by atoms with Crippen molar-refractivity contribution in [1.29, 1.82) is 0 Å². The second kappa shape index (κ2) is 1.15. The number of rotatable bonds is 1. The molecule has 0 aromatic heterocycles. The average molecular weight is 106 g/mol. The van der Waals surface area contributed by atoms with Crippen molar-refractivity contribution in [2.45, 2.75) is 18.9 Å². The van der Waals surface area contributed by atoms with Gasteiger partial charge in [-0.15, -0.1) is 0 Å². The molecule has 1 nitrogen and oxygen atoms in total. The van der Waals surface area contributed by atoms with Crippen LogP contribution in [-0.2, 0) is 0 Å². The van der Waals surface area contributed by atoms with Gasteiger partial charge in [0.15, 0.2) is 0 Å². The highest BCUT2D eigenvalue weighted by Gasteiger charge is 2.43. The van der Waals surface area contributed by atoms with Gasteiger partial charge in [-0.1, -0.05) is 0 Å². The van der Waals surface area contributed by atoms with Crippen LogP contribution in [0.2, 0.25) is 0 Å². The van der Waals surface area contributed by atoms with E-state index in [9.17, 15) is 8.78 Å². The van der Waals surface area contributed by atoms with Gasteiger partial charge in [-0.05, 0) is 12.8 Å². The van der Waals surface area contributed by atoms with E-state index in [1.807, 2.05) is 0 Å².